The van der Waals surface area contributed by atoms with Crippen LogP contribution in [0.4, 0.5) is 0 Å². The molecule has 1 unspecified atom stereocenters. The lowest BCUT2D eigenvalue weighted by molar-refractivity contribution is 0.0328. The van der Waals surface area contributed by atoms with Gasteiger partial charge in [0.25, 0.3) is 0 Å². The molecule has 0 aromatic heterocycles. The summed E-state index contributed by atoms with van der Waals surface area (Å²) in [6, 6.07) is 19.5. The second-order valence-corrected chi connectivity index (χ2v) is 9.59. The van der Waals surface area contributed by atoms with Crippen LogP contribution in [0.1, 0.15) is 63.0 Å². The third kappa shape index (κ3) is 4.58. The molecule has 2 fully saturated rings. The summed E-state index contributed by atoms with van der Waals surface area (Å²) >= 11 is 0. The standard InChI is InChI=1S/C27H38N2O/c1-3-8-22-15-18-29(21-22)25-13-16-27(17-14-25,24-11-7-12-26(30)19-24)28(2)20-23-9-5-4-6-10-23/h4-7,9-12,19,22,25,30H,3,8,13-18,20-21H2,1-2H3. The van der Waals surface area contributed by atoms with Gasteiger partial charge < -0.3 is 10.0 Å². The first-order valence-electron chi connectivity index (χ1n) is 11.9. The lowest BCUT2D eigenvalue weighted by Gasteiger charge is -2.48. The van der Waals surface area contributed by atoms with Crippen LogP contribution in [0, 0.1) is 5.92 Å². The highest BCUT2D eigenvalue weighted by atomic mass is 16.3. The van der Waals surface area contributed by atoms with E-state index in [1.807, 2.05) is 12.1 Å². The number of phenolic OH excluding ortho intramolecular Hbond substituents is 1. The number of phenols is 1. The van der Waals surface area contributed by atoms with Crippen LogP contribution in [-0.4, -0.2) is 41.1 Å². The minimum Gasteiger partial charge on any atom is -0.508 e. The second kappa shape index (κ2) is 9.53. The van der Waals surface area contributed by atoms with Crippen molar-refractivity contribution in [3.8, 4) is 5.75 Å². The fourth-order valence-corrected chi connectivity index (χ4v) is 5.98. The van der Waals surface area contributed by atoms with E-state index in [0.717, 1.165) is 31.3 Å². The molecular weight excluding hydrogens is 368 g/mol. The molecular formula is C27H38N2O. The summed E-state index contributed by atoms with van der Waals surface area (Å²) in [5, 5.41) is 10.2. The summed E-state index contributed by atoms with van der Waals surface area (Å²) in [5.41, 5.74) is 2.61. The van der Waals surface area contributed by atoms with E-state index in [9.17, 15) is 5.11 Å². The molecule has 1 aliphatic carbocycles. The molecule has 0 bridgehead atoms. The van der Waals surface area contributed by atoms with Gasteiger partial charge in [-0.3, -0.25) is 4.90 Å². The van der Waals surface area contributed by atoms with Crippen molar-refractivity contribution in [2.75, 3.05) is 20.1 Å². The molecule has 1 heterocycles. The van der Waals surface area contributed by atoms with E-state index >= 15 is 0 Å². The minimum atomic E-state index is -0.00632. The molecule has 1 saturated carbocycles. The van der Waals surface area contributed by atoms with Crippen LogP contribution in [0.25, 0.3) is 0 Å². The zero-order chi connectivity index (χ0) is 21.0. The quantitative estimate of drug-likeness (QED) is 0.631. The monoisotopic (exact) mass is 406 g/mol. The molecule has 1 atom stereocenters. The summed E-state index contributed by atoms with van der Waals surface area (Å²) in [7, 11) is 2.27. The van der Waals surface area contributed by atoms with Crippen LogP contribution < -0.4 is 0 Å². The Morgan fingerprint density at radius 2 is 1.80 bits per heavy atom. The summed E-state index contributed by atoms with van der Waals surface area (Å²) in [5.74, 6) is 1.29. The first-order chi connectivity index (χ1) is 14.6. The molecule has 1 saturated heterocycles. The molecule has 2 aliphatic rings. The lowest BCUT2D eigenvalue weighted by Crippen LogP contribution is -2.49. The van der Waals surface area contributed by atoms with E-state index in [2.05, 4.69) is 60.2 Å². The van der Waals surface area contributed by atoms with E-state index in [0.29, 0.717) is 5.75 Å². The summed E-state index contributed by atoms with van der Waals surface area (Å²) < 4.78 is 0. The molecule has 0 amide bonds. The van der Waals surface area contributed by atoms with E-state index < -0.39 is 0 Å². The second-order valence-electron chi connectivity index (χ2n) is 9.59. The Hall–Kier alpha value is -1.84. The smallest absolute Gasteiger partial charge is 0.115 e. The third-order valence-corrected chi connectivity index (χ3v) is 7.69. The summed E-state index contributed by atoms with van der Waals surface area (Å²) in [6.45, 7) is 5.84. The number of hydrogen-bond donors (Lipinski definition) is 1. The fraction of sp³-hybridized carbons (Fsp3) is 0.556. The van der Waals surface area contributed by atoms with Gasteiger partial charge in [0.1, 0.15) is 5.75 Å². The molecule has 1 aliphatic heterocycles. The molecule has 1 N–H and O–H groups in total. The van der Waals surface area contributed by atoms with Crippen LogP contribution in [0.5, 0.6) is 5.75 Å². The van der Waals surface area contributed by atoms with Gasteiger partial charge in [0.05, 0.1) is 0 Å². The van der Waals surface area contributed by atoms with Crippen molar-refractivity contribution in [3.63, 3.8) is 0 Å². The minimum absolute atomic E-state index is 0.00632. The molecule has 2 aromatic carbocycles. The van der Waals surface area contributed by atoms with Crippen molar-refractivity contribution in [2.24, 2.45) is 5.92 Å². The average Bonchev–Trinajstić information content (AvgIpc) is 3.23. The zero-order valence-electron chi connectivity index (χ0n) is 18.8. The Bertz CT molecular complexity index is 798. The van der Waals surface area contributed by atoms with Gasteiger partial charge in [-0.1, -0.05) is 55.8 Å². The predicted octanol–water partition coefficient (Wildman–Crippen LogP) is 5.78. The number of aromatic hydroxyl groups is 1. The lowest BCUT2D eigenvalue weighted by atomic mass is 9.73. The predicted molar refractivity (Wildman–Crippen MR) is 125 cm³/mol. The molecule has 0 spiro atoms. The molecule has 3 heteroatoms. The number of hydrogen-bond acceptors (Lipinski definition) is 3. The van der Waals surface area contributed by atoms with Crippen LogP contribution in [-0.2, 0) is 12.1 Å². The highest BCUT2D eigenvalue weighted by Crippen LogP contribution is 2.45. The van der Waals surface area contributed by atoms with Crippen molar-refractivity contribution in [3.05, 3.63) is 65.7 Å². The Kier molecular flexibility index (Phi) is 6.80. The highest BCUT2D eigenvalue weighted by Gasteiger charge is 2.42. The van der Waals surface area contributed by atoms with Gasteiger partial charge in [0, 0.05) is 24.7 Å². The average molecular weight is 407 g/mol. The Labute approximate surface area is 182 Å². The maximum atomic E-state index is 10.2. The largest absolute Gasteiger partial charge is 0.508 e. The van der Waals surface area contributed by atoms with Crippen molar-refractivity contribution in [1.82, 2.24) is 9.80 Å². The van der Waals surface area contributed by atoms with Gasteiger partial charge in [-0.2, -0.15) is 0 Å². The molecule has 2 aromatic rings. The van der Waals surface area contributed by atoms with Crippen molar-refractivity contribution >= 4 is 0 Å². The molecule has 162 valence electrons. The van der Waals surface area contributed by atoms with E-state index in [4.69, 9.17) is 0 Å². The number of likely N-dealkylation sites (tertiary alicyclic amines) is 1. The van der Waals surface area contributed by atoms with Crippen LogP contribution in [0.15, 0.2) is 54.6 Å². The molecule has 0 radical (unpaired) electrons. The number of nitrogens with zero attached hydrogens (tertiary/aromatic N) is 2. The first kappa shape index (κ1) is 21.4. The van der Waals surface area contributed by atoms with Gasteiger partial charge in [0.2, 0.25) is 0 Å². The Morgan fingerprint density at radius 1 is 1.03 bits per heavy atom. The van der Waals surface area contributed by atoms with Crippen LogP contribution >= 0.6 is 0 Å². The topological polar surface area (TPSA) is 26.7 Å². The third-order valence-electron chi connectivity index (χ3n) is 7.69. The van der Waals surface area contributed by atoms with E-state index in [1.54, 1.807) is 6.07 Å². The SMILES string of the molecule is CCCC1CCN(C2CCC(c3cccc(O)c3)(N(C)Cc3ccccc3)CC2)C1. The van der Waals surface area contributed by atoms with Crippen LogP contribution in [0.2, 0.25) is 0 Å². The molecule has 4 rings (SSSR count). The Balaban J connectivity index is 1.51. The summed E-state index contributed by atoms with van der Waals surface area (Å²) in [4.78, 5) is 5.32. The summed E-state index contributed by atoms with van der Waals surface area (Å²) in [6.07, 6.45) is 8.88. The molecule has 3 nitrogen and oxygen atoms in total. The van der Waals surface area contributed by atoms with Crippen molar-refractivity contribution in [1.29, 1.82) is 0 Å². The van der Waals surface area contributed by atoms with Crippen LogP contribution in [0.3, 0.4) is 0 Å². The van der Waals surface area contributed by atoms with E-state index in [-0.39, 0.29) is 5.54 Å². The molecule has 30 heavy (non-hydrogen) atoms. The number of benzene rings is 2. The van der Waals surface area contributed by atoms with Gasteiger partial charge in [0.15, 0.2) is 0 Å². The van der Waals surface area contributed by atoms with Crippen molar-refractivity contribution < 1.29 is 5.11 Å². The van der Waals surface area contributed by atoms with Crippen molar-refractivity contribution in [2.45, 2.75) is 70.0 Å². The zero-order valence-corrected chi connectivity index (χ0v) is 18.8. The van der Waals surface area contributed by atoms with E-state index in [1.165, 1.54) is 56.3 Å². The van der Waals surface area contributed by atoms with Gasteiger partial charge in [-0.25, -0.2) is 0 Å². The fourth-order valence-electron chi connectivity index (χ4n) is 5.98. The maximum absolute atomic E-state index is 10.2. The van der Waals surface area contributed by atoms with Gasteiger partial charge in [-0.15, -0.1) is 0 Å². The number of rotatable bonds is 7. The highest BCUT2D eigenvalue weighted by molar-refractivity contribution is 5.33. The maximum Gasteiger partial charge on any atom is 0.115 e. The van der Waals surface area contributed by atoms with Gasteiger partial charge in [-0.05, 0) is 81.3 Å². The van der Waals surface area contributed by atoms with Gasteiger partial charge >= 0.3 is 0 Å². The Morgan fingerprint density at radius 3 is 2.50 bits per heavy atom. The first-order valence-corrected chi connectivity index (χ1v) is 11.9. The normalized spacial score (nSPS) is 27.6.